The maximum Gasteiger partial charge on any atom is 0.245 e. The molecule has 0 aromatic heterocycles. The van der Waals surface area contributed by atoms with E-state index in [4.69, 9.17) is 0 Å². The fraction of sp³-hybridized carbons (Fsp3) is 0.444. The summed E-state index contributed by atoms with van der Waals surface area (Å²) in [5, 5.41) is 9.55. The van der Waals surface area contributed by atoms with Crippen molar-refractivity contribution < 1.29 is 4.79 Å². The van der Waals surface area contributed by atoms with E-state index >= 15 is 0 Å². The summed E-state index contributed by atoms with van der Waals surface area (Å²) >= 11 is 0. The molecule has 1 spiro atoms. The highest BCUT2D eigenvalue weighted by Gasteiger charge is 2.49. The van der Waals surface area contributed by atoms with Crippen LogP contribution in [-0.4, -0.2) is 60.4 Å². The first-order valence-corrected chi connectivity index (χ1v) is 7.86. The van der Waals surface area contributed by atoms with E-state index in [1.54, 1.807) is 6.08 Å². The normalized spacial score (nSPS) is 22.6. The molecule has 0 saturated carbocycles. The molecule has 0 N–H and O–H groups in total. The van der Waals surface area contributed by atoms with E-state index in [1.807, 2.05) is 11.9 Å². The van der Waals surface area contributed by atoms with E-state index in [2.05, 4.69) is 35.2 Å². The molecule has 0 aromatic carbocycles. The zero-order chi connectivity index (χ0) is 16.6. The quantitative estimate of drug-likeness (QED) is 0.741. The fourth-order valence-electron chi connectivity index (χ4n) is 3.81. The average Bonchev–Trinajstić information content (AvgIpc) is 2.97. The predicted molar refractivity (Wildman–Crippen MR) is 88.9 cm³/mol. The fourth-order valence-corrected chi connectivity index (χ4v) is 3.81. The lowest BCUT2D eigenvalue weighted by Gasteiger charge is -2.47. The lowest BCUT2D eigenvalue weighted by molar-refractivity contribution is -0.137. The third kappa shape index (κ3) is 2.55. The number of carbonyl (C=O) groups is 1. The van der Waals surface area contributed by atoms with Crippen LogP contribution in [0.3, 0.4) is 0 Å². The Bertz CT molecular complexity index is 661. The van der Waals surface area contributed by atoms with E-state index in [0.717, 1.165) is 56.0 Å². The van der Waals surface area contributed by atoms with E-state index in [-0.39, 0.29) is 11.3 Å². The zero-order valence-corrected chi connectivity index (χ0v) is 13.6. The summed E-state index contributed by atoms with van der Waals surface area (Å²) in [4.78, 5) is 17.9. The number of amides is 1. The number of nitrogens with zero attached hydrogens (tertiary/aromatic N) is 4. The molecule has 1 amide bonds. The monoisotopic (exact) mass is 310 g/mol. The predicted octanol–water partition coefficient (Wildman–Crippen LogP) is 1.50. The van der Waals surface area contributed by atoms with Gasteiger partial charge in [0, 0.05) is 51.4 Å². The largest absolute Gasteiger partial charge is 0.374 e. The molecule has 5 heteroatoms. The van der Waals surface area contributed by atoms with Crippen molar-refractivity contribution in [2.45, 2.75) is 6.42 Å². The summed E-state index contributed by atoms with van der Waals surface area (Å²) in [6.07, 6.45) is 6.26. The molecule has 2 fully saturated rings. The Morgan fingerprint density at radius 2 is 2.13 bits per heavy atom. The zero-order valence-electron chi connectivity index (χ0n) is 13.6. The number of hydrogen-bond acceptors (Lipinski definition) is 4. The first kappa shape index (κ1) is 15.4. The average molecular weight is 310 g/mol. The van der Waals surface area contributed by atoms with Gasteiger partial charge in [-0.2, -0.15) is 5.26 Å². The second-order valence-corrected chi connectivity index (χ2v) is 6.72. The Balaban J connectivity index is 1.76. The summed E-state index contributed by atoms with van der Waals surface area (Å²) in [5.74, 6) is 0.0113. The molecule has 0 aliphatic carbocycles. The molecule has 3 rings (SSSR count). The number of likely N-dealkylation sites (tertiary alicyclic amines) is 2. The van der Waals surface area contributed by atoms with Crippen molar-refractivity contribution in [3.05, 3.63) is 48.4 Å². The van der Waals surface area contributed by atoms with Gasteiger partial charge in [0.1, 0.15) is 6.07 Å². The number of carbonyl (C=O) groups excluding carboxylic acids is 1. The van der Waals surface area contributed by atoms with Gasteiger partial charge in [-0.1, -0.05) is 19.2 Å². The minimum Gasteiger partial charge on any atom is -0.374 e. The van der Waals surface area contributed by atoms with E-state index in [1.165, 1.54) is 6.08 Å². The van der Waals surface area contributed by atoms with Crippen LogP contribution >= 0.6 is 0 Å². The molecule has 0 unspecified atom stereocenters. The van der Waals surface area contributed by atoms with Gasteiger partial charge in [0.15, 0.2) is 0 Å². The molecule has 3 heterocycles. The molecular weight excluding hydrogens is 288 g/mol. The Kier molecular flexibility index (Phi) is 3.77. The first-order chi connectivity index (χ1) is 11.0. The van der Waals surface area contributed by atoms with Crippen LogP contribution in [0.5, 0.6) is 0 Å². The number of allylic oxidation sites excluding steroid dienone is 1. The van der Waals surface area contributed by atoms with Crippen molar-refractivity contribution in [1.29, 1.82) is 5.26 Å². The highest BCUT2D eigenvalue weighted by molar-refractivity contribution is 5.87. The van der Waals surface area contributed by atoms with Crippen LogP contribution in [0.2, 0.25) is 0 Å². The summed E-state index contributed by atoms with van der Waals surface area (Å²) < 4.78 is 0. The Morgan fingerprint density at radius 1 is 1.39 bits per heavy atom. The topological polar surface area (TPSA) is 50.6 Å². The second kappa shape index (κ2) is 5.62. The third-order valence-corrected chi connectivity index (χ3v) is 5.02. The number of likely N-dealkylation sites (N-methyl/N-ethyl adjacent to an activating group) is 1. The third-order valence-electron chi connectivity index (χ3n) is 5.02. The van der Waals surface area contributed by atoms with Gasteiger partial charge in [-0.25, -0.2) is 0 Å². The summed E-state index contributed by atoms with van der Waals surface area (Å²) in [5.41, 5.74) is 2.87. The Labute approximate surface area is 137 Å². The lowest BCUT2D eigenvalue weighted by atomic mass is 9.79. The van der Waals surface area contributed by atoms with Gasteiger partial charge in [0.25, 0.3) is 0 Å². The standard InChI is InChI=1S/C18H22N4O/c1-4-14-9-20(3)10-16(15(14)8-19)21-7-6-18(11-21)12-22(13-18)17(23)5-2/h4-5,10H,1-2,6-7,9,11-13H2,3H3. The van der Waals surface area contributed by atoms with Gasteiger partial charge in [-0.05, 0) is 18.1 Å². The smallest absolute Gasteiger partial charge is 0.245 e. The van der Waals surface area contributed by atoms with E-state index in [0.29, 0.717) is 0 Å². The van der Waals surface area contributed by atoms with E-state index in [9.17, 15) is 10.1 Å². The van der Waals surface area contributed by atoms with Gasteiger partial charge >= 0.3 is 0 Å². The van der Waals surface area contributed by atoms with Gasteiger partial charge < -0.3 is 14.7 Å². The summed E-state index contributed by atoms with van der Waals surface area (Å²) in [6.45, 7) is 11.5. The van der Waals surface area contributed by atoms with Crippen molar-refractivity contribution >= 4 is 5.91 Å². The maximum atomic E-state index is 11.7. The Hall–Kier alpha value is -2.48. The molecule has 5 nitrogen and oxygen atoms in total. The highest BCUT2D eigenvalue weighted by Crippen LogP contribution is 2.42. The second-order valence-electron chi connectivity index (χ2n) is 6.72. The van der Waals surface area contributed by atoms with Crippen LogP contribution in [0.15, 0.2) is 48.4 Å². The number of hydrogen-bond donors (Lipinski definition) is 0. The van der Waals surface area contributed by atoms with Gasteiger partial charge in [-0.15, -0.1) is 0 Å². The van der Waals surface area contributed by atoms with Crippen molar-refractivity contribution in [1.82, 2.24) is 14.7 Å². The van der Waals surface area contributed by atoms with Crippen LogP contribution in [-0.2, 0) is 4.79 Å². The van der Waals surface area contributed by atoms with Crippen molar-refractivity contribution in [3.63, 3.8) is 0 Å². The molecule has 120 valence electrons. The summed E-state index contributed by atoms with van der Waals surface area (Å²) in [6, 6.07) is 2.35. The Morgan fingerprint density at radius 3 is 2.74 bits per heavy atom. The van der Waals surface area contributed by atoms with Gasteiger partial charge in [-0.3, -0.25) is 4.79 Å². The minimum atomic E-state index is 0.0113. The molecule has 0 radical (unpaired) electrons. The lowest BCUT2D eigenvalue weighted by Crippen LogP contribution is -2.59. The van der Waals surface area contributed by atoms with Crippen LogP contribution in [0, 0.1) is 16.7 Å². The van der Waals surface area contributed by atoms with Crippen LogP contribution < -0.4 is 0 Å². The molecule has 0 aromatic rings. The van der Waals surface area contributed by atoms with Crippen molar-refractivity contribution in [3.8, 4) is 6.07 Å². The van der Waals surface area contributed by atoms with Crippen molar-refractivity contribution in [2.75, 3.05) is 39.8 Å². The van der Waals surface area contributed by atoms with Gasteiger partial charge in [0.2, 0.25) is 5.91 Å². The molecule has 0 bridgehead atoms. The van der Waals surface area contributed by atoms with Crippen LogP contribution in [0.1, 0.15) is 6.42 Å². The summed E-state index contributed by atoms with van der Waals surface area (Å²) in [7, 11) is 2.01. The molecule has 23 heavy (non-hydrogen) atoms. The maximum absolute atomic E-state index is 11.7. The minimum absolute atomic E-state index is 0.0113. The first-order valence-electron chi connectivity index (χ1n) is 7.86. The van der Waals surface area contributed by atoms with Gasteiger partial charge in [0.05, 0.1) is 11.3 Å². The molecule has 0 atom stereocenters. The van der Waals surface area contributed by atoms with Crippen LogP contribution in [0.4, 0.5) is 0 Å². The molecule has 3 aliphatic rings. The van der Waals surface area contributed by atoms with E-state index < -0.39 is 0 Å². The number of nitriles is 1. The molecular formula is C18H22N4O. The van der Waals surface area contributed by atoms with Crippen molar-refractivity contribution in [2.24, 2.45) is 5.41 Å². The number of rotatable bonds is 3. The SMILES string of the molecule is C=CC(=O)N1CC2(CCN(C3=CN(C)CC(C=C)=C3C#N)C2)C1. The molecule has 3 aliphatic heterocycles. The van der Waals surface area contributed by atoms with Crippen LogP contribution in [0.25, 0.3) is 0 Å². The molecule has 2 saturated heterocycles. The highest BCUT2D eigenvalue weighted by atomic mass is 16.2.